The maximum atomic E-state index is 13.6. The molecule has 8 nitrogen and oxygen atoms in total. The van der Waals surface area contributed by atoms with Gasteiger partial charge in [-0.1, -0.05) is 23.8 Å². The molecule has 0 aliphatic carbocycles. The second-order valence-corrected chi connectivity index (χ2v) is 8.69. The van der Waals surface area contributed by atoms with Crippen LogP contribution in [0.25, 0.3) is 11.7 Å². The number of ether oxygens (including phenoxy) is 1. The number of benzene rings is 1. The van der Waals surface area contributed by atoms with E-state index in [0.717, 1.165) is 11.1 Å². The van der Waals surface area contributed by atoms with Gasteiger partial charge in [-0.25, -0.2) is 4.98 Å². The van der Waals surface area contributed by atoms with Crippen LogP contribution >= 0.6 is 0 Å². The van der Waals surface area contributed by atoms with Crippen LogP contribution in [0.5, 0.6) is 0 Å². The topological polar surface area (TPSA) is 99.7 Å². The predicted molar refractivity (Wildman–Crippen MR) is 132 cm³/mol. The summed E-state index contributed by atoms with van der Waals surface area (Å²) in [6.45, 7) is 8.85. The van der Waals surface area contributed by atoms with Crippen molar-refractivity contribution in [3.05, 3.63) is 75.2 Å². The van der Waals surface area contributed by atoms with Crippen molar-refractivity contribution in [2.75, 3.05) is 23.3 Å². The number of morpholine rings is 1. The fourth-order valence-corrected chi connectivity index (χ4v) is 4.15. The number of aryl methyl sites for hydroxylation is 2. The lowest BCUT2D eigenvalue weighted by atomic mass is 10.1. The number of hydrogen-bond donors (Lipinski definition) is 1. The third kappa shape index (κ3) is 4.70. The molecule has 1 amide bonds. The number of hydrogen-bond acceptors (Lipinski definition) is 6. The number of nitrogens with zero attached hydrogens (tertiary/aromatic N) is 4. The largest absolute Gasteiger partial charge is 0.372 e. The number of pyridine rings is 1. The van der Waals surface area contributed by atoms with Gasteiger partial charge < -0.3 is 15.0 Å². The molecule has 0 radical (unpaired) electrons. The zero-order valence-corrected chi connectivity index (χ0v) is 19.7. The van der Waals surface area contributed by atoms with Crippen LogP contribution in [0.1, 0.15) is 30.5 Å². The van der Waals surface area contributed by atoms with Crippen LogP contribution < -0.4 is 15.8 Å². The Labute approximate surface area is 198 Å². The van der Waals surface area contributed by atoms with Crippen LogP contribution in [-0.2, 0) is 9.53 Å². The zero-order chi connectivity index (χ0) is 24.4. The second kappa shape index (κ2) is 9.49. The molecule has 8 heteroatoms. The molecule has 3 aromatic rings. The van der Waals surface area contributed by atoms with Crippen molar-refractivity contribution < 1.29 is 9.53 Å². The summed E-state index contributed by atoms with van der Waals surface area (Å²) >= 11 is 0. The first-order valence-electron chi connectivity index (χ1n) is 11.2. The summed E-state index contributed by atoms with van der Waals surface area (Å²) in [5, 5.41) is 12.5. The van der Waals surface area contributed by atoms with E-state index in [0.29, 0.717) is 30.2 Å². The standard InChI is InChI=1S/C26H27N5O3/c1-16-7-9-21(10-8-16)28-25(32)20(13-27)12-22-24(30-14-18(3)34-19(4)15-30)29-23-17(2)6-5-11-31(23)26(22)33/h5-12,18-19H,14-15H2,1-4H3,(H,28,32)/b20-12+/t18-,19-/m0/s1. The molecule has 1 aliphatic heterocycles. The van der Waals surface area contributed by atoms with Gasteiger partial charge in [-0.15, -0.1) is 0 Å². The quantitative estimate of drug-likeness (QED) is 0.476. The molecule has 1 saturated heterocycles. The minimum atomic E-state index is -0.588. The van der Waals surface area contributed by atoms with E-state index in [9.17, 15) is 14.9 Å². The molecule has 2 aromatic heterocycles. The number of carbonyl (C=O) groups excluding carboxylic acids is 1. The van der Waals surface area contributed by atoms with Crippen molar-refractivity contribution in [1.29, 1.82) is 5.26 Å². The SMILES string of the molecule is Cc1ccc(NC(=O)/C(C#N)=C/c2c(N3C[C@H](C)O[C@@H](C)C3)nc3c(C)cccn3c2=O)cc1. The van der Waals surface area contributed by atoms with Crippen molar-refractivity contribution in [3.8, 4) is 6.07 Å². The van der Waals surface area contributed by atoms with Gasteiger partial charge in [-0.3, -0.25) is 14.0 Å². The first kappa shape index (κ1) is 23.2. The van der Waals surface area contributed by atoms with Crippen LogP contribution in [0.2, 0.25) is 0 Å². The van der Waals surface area contributed by atoms with Gasteiger partial charge >= 0.3 is 0 Å². The maximum absolute atomic E-state index is 13.6. The van der Waals surface area contributed by atoms with Gasteiger partial charge in [-0.05, 0) is 57.5 Å². The summed E-state index contributed by atoms with van der Waals surface area (Å²) in [5.41, 5.74) is 2.68. The fourth-order valence-electron chi connectivity index (χ4n) is 4.15. The first-order valence-corrected chi connectivity index (χ1v) is 11.2. The highest BCUT2D eigenvalue weighted by molar-refractivity contribution is 6.10. The lowest BCUT2D eigenvalue weighted by molar-refractivity contribution is -0.112. The molecule has 1 fully saturated rings. The highest BCUT2D eigenvalue weighted by Gasteiger charge is 2.27. The third-order valence-corrected chi connectivity index (χ3v) is 5.75. The Balaban J connectivity index is 1.83. The van der Waals surface area contributed by atoms with Crippen LogP contribution in [0.4, 0.5) is 11.5 Å². The van der Waals surface area contributed by atoms with Gasteiger partial charge in [0.15, 0.2) is 0 Å². The van der Waals surface area contributed by atoms with Crippen LogP contribution in [0.15, 0.2) is 53.0 Å². The van der Waals surface area contributed by atoms with Gasteiger partial charge in [0.25, 0.3) is 11.5 Å². The Morgan fingerprint density at radius 1 is 1.18 bits per heavy atom. The van der Waals surface area contributed by atoms with Crippen molar-refractivity contribution in [1.82, 2.24) is 9.38 Å². The number of aromatic nitrogens is 2. The molecule has 0 saturated carbocycles. The van der Waals surface area contributed by atoms with Crippen molar-refractivity contribution in [3.63, 3.8) is 0 Å². The number of fused-ring (bicyclic) bond motifs is 1. The van der Waals surface area contributed by atoms with Gasteiger partial charge in [0, 0.05) is 25.0 Å². The molecular formula is C26H27N5O3. The Bertz CT molecular complexity index is 1360. The van der Waals surface area contributed by atoms with Crippen molar-refractivity contribution in [2.45, 2.75) is 39.9 Å². The summed E-state index contributed by atoms with van der Waals surface area (Å²) in [5.74, 6) is -0.146. The summed E-state index contributed by atoms with van der Waals surface area (Å²) in [6, 6.07) is 12.9. The molecule has 0 unspecified atom stereocenters. The van der Waals surface area contributed by atoms with Crippen LogP contribution in [-0.4, -0.2) is 40.6 Å². The molecular weight excluding hydrogens is 430 g/mol. The van der Waals surface area contributed by atoms with Gasteiger partial charge in [0.05, 0.1) is 17.8 Å². The fraction of sp³-hybridized carbons (Fsp3) is 0.308. The number of nitrogens with one attached hydrogen (secondary N) is 1. The smallest absolute Gasteiger partial charge is 0.267 e. The molecule has 1 aromatic carbocycles. The van der Waals surface area contributed by atoms with E-state index in [1.165, 1.54) is 10.5 Å². The van der Waals surface area contributed by atoms with Crippen molar-refractivity contribution >= 4 is 29.1 Å². The maximum Gasteiger partial charge on any atom is 0.267 e. The van der Waals surface area contributed by atoms with E-state index in [-0.39, 0.29) is 28.9 Å². The van der Waals surface area contributed by atoms with Crippen molar-refractivity contribution in [2.24, 2.45) is 0 Å². The first-order chi connectivity index (χ1) is 16.3. The summed E-state index contributed by atoms with van der Waals surface area (Å²) in [6.07, 6.45) is 2.87. The molecule has 1 aliphatic rings. The Kier molecular flexibility index (Phi) is 6.48. The molecule has 3 heterocycles. The summed E-state index contributed by atoms with van der Waals surface area (Å²) in [4.78, 5) is 33.3. The molecule has 34 heavy (non-hydrogen) atoms. The number of nitriles is 1. The molecule has 2 atom stereocenters. The molecule has 1 N–H and O–H groups in total. The highest BCUT2D eigenvalue weighted by atomic mass is 16.5. The van der Waals surface area contributed by atoms with E-state index >= 15 is 0 Å². The monoisotopic (exact) mass is 457 g/mol. The van der Waals surface area contributed by atoms with Gasteiger partial charge in [0.1, 0.15) is 23.1 Å². The van der Waals surface area contributed by atoms with Gasteiger partial charge in [-0.2, -0.15) is 5.26 Å². The number of rotatable bonds is 4. The molecule has 4 rings (SSSR count). The summed E-state index contributed by atoms with van der Waals surface area (Å²) < 4.78 is 7.30. The minimum Gasteiger partial charge on any atom is -0.372 e. The van der Waals surface area contributed by atoms with Crippen LogP contribution in [0, 0.1) is 25.2 Å². The van der Waals surface area contributed by atoms with E-state index in [2.05, 4.69) is 5.32 Å². The van der Waals surface area contributed by atoms with E-state index in [1.807, 2.05) is 56.9 Å². The third-order valence-electron chi connectivity index (χ3n) is 5.75. The Hall–Kier alpha value is -3.96. The Morgan fingerprint density at radius 2 is 1.85 bits per heavy atom. The normalized spacial score (nSPS) is 18.6. The number of anilines is 2. The average molecular weight is 458 g/mol. The summed E-state index contributed by atoms with van der Waals surface area (Å²) in [7, 11) is 0. The lowest BCUT2D eigenvalue weighted by Gasteiger charge is -2.36. The Morgan fingerprint density at radius 3 is 2.50 bits per heavy atom. The molecule has 0 spiro atoms. The second-order valence-electron chi connectivity index (χ2n) is 8.69. The van der Waals surface area contributed by atoms with E-state index in [4.69, 9.17) is 9.72 Å². The lowest BCUT2D eigenvalue weighted by Crippen LogP contribution is -2.46. The zero-order valence-electron chi connectivity index (χ0n) is 19.7. The predicted octanol–water partition coefficient (Wildman–Crippen LogP) is 3.47. The number of amides is 1. The van der Waals surface area contributed by atoms with Gasteiger partial charge in [0.2, 0.25) is 0 Å². The van der Waals surface area contributed by atoms with E-state index < -0.39 is 5.91 Å². The average Bonchev–Trinajstić information content (AvgIpc) is 2.79. The minimum absolute atomic E-state index is 0.0574. The van der Waals surface area contributed by atoms with E-state index in [1.54, 1.807) is 24.4 Å². The van der Waals surface area contributed by atoms with Crippen LogP contribution in [0.3, 0.4) is 0 Å². The number of carbonyl (C=O) groups is 1. The highest BCUT2D eigenvalue weighted by Crippen LogP contribution is 2.24. The molecule has 174 valence electrons. The molecule has 0 bridgehead atoms.